The second-order valence-electron chi connectivity index (χ2n) is 4.85. The Kier molecular flexibility index (Phi) is 2.71. The maximum Gasteiger partial charge on any atom is 0.193 e. The van der Waals surface area contributed by atoms with Gasteiger partial charge in [0.25, 0.3) is 0 Å². The molecule has 2 aromatic carbocycles. The van der Waals surface area contributed by atoms with Crippen LogP contribution in [0.3, 0.4) is 0 Å². The highest BCUT2D eigenvalue weighted by atomic mass is 16.3. The van der Waals surface area contributed by atoms with Gasteiger partial charge in [0.05, 0.1) is 5.39 Å². The van der Waals surface area contributed by atoms with Crippen molar-refractivity contribution in [2.24, 2.45) is 0 Å². The summed E-state index contributed by atoms with van der Waals surface area (Å²) in [6.07, 6.45) is 0. The Labute approximate surface area is 111 Å². The Bertz CT molecular complexity index is 793. The van der Waals surface area contributed by atoms with E-state index in [1.807, 2.05) is 44.2 Å². The van der Waals surface area contributed by atoms with Crippen LogP contribution < -0.4 is 5.43 Å². The van der Waals surface area contributed by atoms with Gasteiger partial charge in [0.1, 0.15) is 11.3 Å². The van der Waals surface area contributed by atoms with Crippen molar-refractivity contribution < 1.29 is 4.42 Å². The van der Waals surface area contributed by atoms with Gasteiger partial charge in [-0.15, -0.1) is 0 Å². The topological polar surface area (TPSA) is 30.2 Å². The summed E-state index contributed by atoms with van der Waals surface area (Å²) in [4.78, 5) is 12.1. The fraction of sp³-hybridized carbons (Fsp3) is 0.118. The maximum absolute atomic E-state index is 12.1. The quantitative estimate of drug-likeness (QED) is 0.651. The minimum atomic E-state index is -0.00370. The van der Waals surface area contributed by atoms with Gasteiger partial charge in [-0.05, 0) is 38.1 Å². The van der Waals surface area contributed by atoms with Crippen molar-refractivity contribution >= 4 is 11.0 Å². The zero-order valence-corrected chi connectivity index (χ0v) is 10.9. The third-order valence-electron chi connectivity index (χ3n) is 3.14. The van der Waals surface area contributed by atoms with E-state index in [9.17, 15) is 4.79 Å². The lowest BCUT2D eigenvalue weighted by atomic mass is 10.0. The first-order valence-corrected chi connectivity index (χ1v) is 6.25. The number of hydrogen-bond acceptors (Lipinski definition) is 2. The fourth-order valence-corrected chi connectivity index (χ4v) is 2.36. The molecule has 2 nitrogen and oxygen atoms in total. The molecule has 0 unspecified atom stereocenters. The van der Waals surface area contributed by atoms with E-state index in [0.29, 0.717) is 16.7 Å². The molecule has 19 heavy (non-hydrogen) atoms. The van der Waals surface area contributed by atoms with E-state index >= 15 is 0 Å². The first-order chi connectivity index (χ1) is 9.13. The highest BCUT2D eigenvalue weighted by Crippen LogP contribution is 2.24. The van der Waals surface area contributed by atoms with Crippen LogP contribution in [-0.4, -0.2) is 0 Å². The van der Waals surface area contributed by atoms with E-state index in [2.05, 4.69) is 6.07 Å². The Hall–Kier alpha value is -2.35. The Morgan fingerprint density at radius 3 is 2.32 bits per heavy atom. The fourth-order valence-electron chi connectivity index (χ4n) is 2.36. The molecule has 0 radical (unpaired) electrons. The smallest absolute Gasteiger partial charge is 0.193 e. The SMILES string of the molecule is Cc1cc(C)cc(-c2cc(=O)c3ccccc3o2)c1. The molecule has 3 aromatic rings. The monoisotopic (exact) mass is 250 g/mol. The Balaban J connectivity index is 2.28. The van der Waals surface area contributed by atoms with Gasteiger partial charge in [-0.1, -0.05) is 29.3 Å². The Morgan fingerprint density at radius 2 is 1.58 bits per heavy atom. The van der Waals surface area contributed by atoms with Gasteiger partial charge in [-0.2, -0.15) is 0 Å². The average molecular weight is 250 g/mol. The molecule has 1 aromatic heterocycles. The van der Waals surface area contributed by atoms with Gasteiger partial charge in [-0.25, -0.2) is 0 Å². The largest absolute Gasteiger partial charge is 0.456 e. The van der Waals surface area contributed by atoms with Crippen LogP contribution in [0.4, 0.5) is 0 Å². The summed E-state index contributed by atoms with van der Waals surface area (Å²) in [6, 6.07) is 15.0. The third kappa shape index (κ3) is 2.17. The van der Waals surface area contributed by atoms with E-state index in [-0.39, 0.29) is 5.43 Å². The molecule has 94 valence electrons. The molecule has 0 aliphatic carbocycles. The van der Waals surface area contributed by atoms with Crippen LogP contribution in [0.15, 0.2) is 57.7 Å². The summed E-state index contributed by atoms with van der Waals surface area (Å²) < 4.78 is 5.84. The van der Waals surface area contributed by atoms with E-state index in [0.717, 1.165) is 16.7 Å². The van der Waals surface area contributed by atoms with Crippen LogP contribution >= 0.6 is 0 Å². The zero-order chi connectivity index (χ0) is 13.4. The van der Waals surface area contributed by atoms with Crippen molar-refractivity contribution in [2.75, 3.05) is 0 Å². The Morgan fingerprint density at radius 1 is 0.895 bits per heavy atom. The van der Waals surface area contributed by atoms with Crippen molar-refractivity contribution in [2.45, 2.75) is 13.8 Å². The number of hydrogen-bond donors (Lipinski definition) is 0. The van der Waals surface area contributed by atoms with Crippen LogP contribution in [0.25, 0.3) is 22.3 Å². The summed E-state index contributed by atoms with van der Waals surface area (Å²) in [5.41, 5.74) is 3.89. The molecule has 1 heterocycles. The first-order valence-electron chi connectivity index (χ1n) is 6.25. The molecule has 2 heteroatoms. The van der Waals surface area contributed by atoms with Crippen LogP contribution in [0, 0.1) is 13.8 Å². The van der Waals surface area contributed by atoms with E-state index < -0.39 is 0 Å². The lowest BCUT2D eigenvalue weighted by molar-refractivity contribution is 0.619. The van der Waals surface area contributed by atoms with Gasteiger partial charge < -0.3 is 4.42 Å². The first kappa shape index (κ1) is 11.7. The number of fused-ring (bicyclic) bond motifs is 1. The van der Waals surface area contributed by atoms with Gasteiger partial charge in [-0.3, -0.25) is 4.79 Å². The van der Waals surface area contributed by atoms with Crippen molar-refractivity contribution in [3.05, 3.63) is 69.9 Å². The molecule has 0 aliphatic rings. The number of aryl methyl sites for hydroxylation is 2. The molecule has 0 saturated heterocycles. The summed E-state index contributed by atoms with van der Waals surface area (Å²) in [5, 5.41) is 0.621. The van der Waals surface area contributed by atoms with E-state index in [4.69, 9.17) is 4.42 Å². The molecule has 0 N–H and O–H groups in total. The predicted molar refractivity (Wildman–Crippen MR) is 77.4 cm³/mol. The van der Waals surface area contributed by atoms with Crippen LogP contribution in [-0.2, 0) is 0 Å². The summed E-state index contributed by atoms with van der Waals surface area (Å²) in [7, 11) is 0. The van der Waals surface area contributed by atoms with Crippen molar-refractivity contribution in [1.29, 1.82) is 0 Å². The molecule has 0 spiro atoms. The number of rotatable bonds is 1. The normalized spacial score (nSPS) is 10.8. The van der Waals surface area contributed by atoms with Crippen molar-refractivity contribution in [1.82, 2.24) is 0 Å². The van der Waals surface area contributed by atoms with Crippen LogP contribution in [0.1, 0.15) is 11.1 Å². The molecular formula is C17H14O2. The van der Waals surface area contributed by atoms with Gasteiger partial charge >= 0.3 is 0 Å². The van der Waals surface area contributed by atoms with E-state index in [1.165, 1.54) is 0 Å². The molecule has 0 fully saturated rings. The van der Waals surface area contributed by atoms with Gasteiger partial charge in [0.2, 0.25) is 0 Å². The molecule has 0 amide bonds. The molecule has 0 saturated carbocycles. The molecule has 0 aliphatic heterocycles. The highest BCUT2D eigenvalue weighted by Gasteiger charge is 2.07. The lowest BCUT2D eigenvalue weighted by Gasteiger charge is -2.05. The molecule has 0 bridgehead atoms. The predicted octanol–water partition coefficient (Wildman–Crippen LogP) is 4.08. The second-order valence-corrected chi connectivity index (χ2v) is 4.85. The lowest BCUT2D eigenvalue weighted by Crippen LogP contribution is -2.00. The zero-order valence-electron chi connectivity index (χ0n) is 10.9. The summed E-state index contributed by atoms with van der Waals surface area (Å²) in [6.45, 7) is 4.07. The molecule has 0 atom stereocenters. The van der Waals surface area contributed by atoms with E-state index in [1.54, 1.807) is 12.1 Å². The van der Waals surface area contributed by atoms with Crippen LogP contribution in [0.5, 0.6) is 0 Å². The maximum atomic E-state index is 12.1. The van der Waals surface area contributed by atoms with Gasteiger partial charge in [0.15, 0.2) is 5.43 Å². The summed E-state index contributed by atoms with van der Waals surface area (Å²) in [5.74, 6) is 0.621. The average Bonchev–Trinajstić information content (AvgIpc) is 2.37. The second kappa shape index (κ2) is 4.39. The van der Waals surface area contributed by atoms with Crippen molar-refractivity contribution in [3.8, 4) is 11.3 Å². The number of para-hydroxylation sites is 1. The standard InChI is InChI=1S/C17H14O2/c1-11-7-12(2)9-13(8-11)17-10-15(18)14-5-3-4-6-16(14)19-17/h3-10H,1-2H3. The van der Waals surface area contributed by atoms with Gasteiger partial charge in [0, 0.05) is 11.6 Å². The molecule has 3 rings (SSSR count). The van der Waals surface area contributed by atoms with Crippen molar-refractivity contribution in [3.63, 3.8) is 0 Å². The molecular weight excluding hydrogens is 236 g/mol. The number of benzene rings is 2. The third-order valence-corrected chi connectivity index (χ3v) is 3.14. The minimum Gasteiger partial charge on any atom is -0.456 e. The van der Waals surface area contributed by atoms with Crippen LogP contribution in [0.2, 0.25) is 0 Å². The minimum absolute atomic E-state index is 0.00370. The highest BCUT2D eigenvalue weighted by molar-refractivity contribution is 5.78. The summed E-state index contributed by atoms with van der Waals surface area (Å²) >= 11 is 0.